The van der Waals surface area contributed by atoms with Crippen LogP contribution in [0, 0.1) is 0 Å². The Hall–Kier alpha value is -1.14. The second-order valence-corrected chi connectivity index (χ2v) is 3.99. The minimum Gasteiger partial charge on any atom is -0.370 e. The van der Waals surface area contributed by atoms with E-state index < -0.39 is 18.0 Å². The van der Waals surface area contributed by atoms with Gasteiger partial charge >= 0.3 is 6.18 Å². The fraction of sp³-hybridized carbons (Fsp3) is 0.545. The zero-order chi connectivity index (χ0) is 12.6. The van der Waals surface area contributed by atoms with Gasteiger partial charge in [0.25, 0.3) is 0 Å². The van der Waals surface area contributed by atoms with E-state index in [1.54, 1.807) is 14.0 Å². The lowest BCUT2D eigenvalue weighted by Crippen LogP contribution is -2.30. The molecule has 94 valence electrons. The monoisotopic (exact) mass is 246 g/mol. The molecule has 0 amide bonds. The zero-order valence-electron chi connectivity index (χ0n) is 9.51. The molecule has 0 aliphatic carbocycles. The zero-order valence-corrected chi connectivity index (χ0v) is 9.51. The molecule has 3 nitrogen and oxygen atoms in total. The van der Waals surface area contributed by atoms with E-state index >= 15 is 0 Å². The largest absolute Gasteiger partial charge is 0.433 e. The Kier molecular flexibility index (Phi) is 3.09. The van der Waals surface area contributed by atoms with E-state index in [2.05, 4.69) is 10.3 Å². The summed E-state index contributed by atoms with van der Waals surface area (Å²) in [6, 6.07) is 2.39. The van der Waals surface area contributed by atoms with Gasteiger partial charge < -0.3 is 10.1 Å². The van der Waals surface area contributed by atoms with E-state index in [9.17, 15) is 13.2 Å². The van der Waals surface area contributed by atoms with Crippen LogP contribution in [-0.2, 0) is 10.9 Å². The molecule has 2 rings (SSSR count). The molecule has 0 spiro atoms. The van der Waals surface area contributed by atoms with E-state index in [-0.39, 0.29) is 6.04 Å². The topological polar surface area (TPSA) is 34.1 Å². The minimum absolute atomic E-state index is 0.101. The number of fused-ring (bicyclic) bond motifs is 1. The molecule has 1 unspecified atom stereocenters. The normalized spacial score (nSPS) is 24.5. The van der Waals surface area contributed by atoms with Crippen LogP contribution in [0.3, 0.4) is 0 Å². The minimum atomic E-state index is -4.42. The first-order valence-corrected chi connectivity index (χ1v) is 5.30. The predicted octanol–water partition coefficient (Wildman–Crippen LogP) is 2.45. The quantitative estimate of drug-likeness (QED) is 0.826. The van der Waals surface area contributed by atoms with Crippen LogP contribution in [0.2, 0.25) is 0 Å². The maximum atomic E-state index is 12.5. The first kappa shape index (κ1) is 12.3. The van der Waals surface area contributed by atoms with Gasteiger partial charge in [-0.3, -0.25) is 0 Å². The van der Waals surface area contributed by atoms with Gasteiger partial charge in [0, 0.05) is 0 Å². The number of rotatable bonds is 1. The van der Waals surface area contributed by atoms with E-state index in [4.69, 9.17) is 4.74 Å². The molecule has 1 aromatic rings. The fourth-order valence-corrected chi connectivity index (χ4v) is 1.91. The standard InChI is InChI=1S/C11H13F3N2O/c1-6-10-7(8(15-2)5-17-6)3-4-9(16-10)11(12,13)14/h3-4,6,8,15H,5H2,1-2H3/t6-,8?/m1/s1. The van der Waals surface area contributed by atoms with Crippen molar-refractivity contribution in [3.8, 4) is 0 Å². The Bertz CT molecular complexity index is 420. The van der Waals surface area contributed by atoms with Crippen molar-refractivity contribution in [2.45, 2.75) is 25.2 Å². The molecule has 1 N–H and O–H groups in total. The number of nitrogens with zero attached hydrogens (tertiary/aromatic N) is 1. The van der Waals surface area contributed by atoms with Gasteiger partial charge in [-0.15, -0.1) is 0 Å². The van der Waals surface area contributed by atoms with Gasteiger partial charge in [-0.1, -0.05) is 6.07 Å². The molecule has 0 fully saturated rings. The van der Waals surface area contributed by atoms with Gasteiger partial charge in [-0.25, -0.2) is 4.98 Å². The number of hydrogen-bond donors (Lipinski definition) is 1. The molecule has 0 bridgehead atoms. The van der Waals surface area contributed by atoms with Crippen LogP contribution in [0.15, 0.2) is 12.1 Å². The van der Waals surface area contributed by atoms with Crippen LogP contribution in [-0.4, -0.2) is 18.6 Å². The van der Waals surface area contributed by atoms with Gasteiger partial charge in [0.05, 0.1) is 24.4 Å². The third-order valence-electron chi connectivity index (χ3n) is 2.87. The number of aromatic nitrogens is 1. The Morgan fingerprint density at radius 1 is 1.41 bits per heavy atom. The number of hydrogen-bond acceptors (Lipinski definition) is 3. The van der Waals surface area contributed by atoms with Gasteiger partial charge in [0.15, 0.2) is 0 Å². The molecule has 17 heavy (non-hydrogen) atoms. The van der Waals surface area contributed by atoms with E-state index in [1.165, 1.54) is 6.07 Å². The maximum Gasteiger partial charge on any atom is 0.433 e. The summed E-state index contributed by atoms with van der Waals surface area (Å²) >= 11 is 0. The lowest BCUT2D eigenvalue weighted by molar-refractivity contribution is -0.141. The van der Waals surface area contributed by atoms with Crippen molar-refractivity contribution in [3.05, 3.63) is 29.1 Å². The highest BCUT2D eigenvalue weighted by Gasteiger charge is 2.35. The third kappa shape index (κ3) is 2.28. The maximum absolute atomic E-state index is 12.5. The van der Waals surface area contributed by atoms with Crippen LogP contribution in [0.5, 0.6) is 0 Å². The van der Waals surface area contributed by atoms with Crippen molar-refractivity contribution >= 4 is 0 Å². The second kappa shape index (κ2) is 4.27. The highest BCUT2D eigenvalue weighted by Crippen LogP contribution is 2.34. The molecule has 1 aliphatic heterocycles. The van der Waals surface area contributed by atoms with Crippen LogP contribution in [0.25, 0.3) is 0 Å². The first-order chi connectivity index (χ1) is 7.93. The summed E-state index contributed by atoms with van der Waals surface area (Å²) in [5.74, 6) is 0. The van der Waals surface area contributed by atoms with Crippen molar-refractivity contribution in [3.63, 3.8) is 0 Å². The van der Waals surface area contributed by atoms with Crippen molar-refractivity contribution in [1.29, 1.82) is 0 Å². The van der Waals surface area contributed by atoms with Crippen LogP contribution < -0.4 is 5.32 Å². The van der Waals surface area contributed by atoms with E-state index in [0.29, 0.717) is 12.3 Å². The summed E-state index contributed by atoms with van der Waals surface area (Å²) in [6.07, 6.45) is -4.82. The van der Waals surface area contributed by atoms with Crippen LogP contribution in [0.1, 0.15) is 36.0 Å². The molecule has 2 atom stereocenters. The van der Waals surface area contributed by atoms with Crippen LogP contribution in [0.4, 0.5) is 13.2 Å². The van der Waals surface area contributed by atoms with Gasteiger partial charge in [0.2, 0.25) is 0 Å². The molecule has 0 aromatic carbocycles. The van der Waals surface area contributed by atoms with Gasteiger partial charge in [0.1, 0.15) is 5.69 Å². The number of ether oxygens (including phenoxy) is 1. The number of halogens is 3. The predicted molar refractivity (Wildman–Crippen MR) is 55.4 cm³/mol. The first-order valence-electron chi connectivity index (χ1n) is 5.30. The van der Waals surface area contributed by atoms with E-state index in [0.717, 1.165) is 11.6 Å². The number of pyridine rings is 1. The Morgan fingerprint density at radius 3 is 2.71 bits per heavy atom. The molecule has 2 heterocycles. The van der Waals surface area contributed by atoms with Gasteiger partial charge in [-0.2, -0.15) is 13.2 Å². The molecule has 0 saturated carbocycles. The number of nitrogens with one attached hydrogen (secondary N) is 1. The number of likely N-dealkylation sites (N-methyl/N-ethyl adjacent to an activating group) is 1. The molecule has 0 saturated heterocycles. The fourth-order valence-electron chi connectivity index (χ4n) is 1.91. The Morgan fingerprint density at radius 2 is 2.12 bits per heavy atom. The lowest BCUT2D eigenvalue weighted by Gasteiger charge is -2.29. The summed E-state index contributed by atoms with van der Waals surface area (Å²) in [7, 11) is 1.74. The van der Waals surface area contributed by atoms with Crippen molar-refractivity contribution in [1.82, 2.24) is 10.3 Å². The molecule has 6 heteroatoms. The SMILES string of the molecule is CNC1CO[C@H](C)c2nc(C(F)(F)F)ccc21. The molecular weight excluding hydrogens is 233 g/mol. The summed E-state index contributed by atoms with van der Waals surface area (Å²) in [6.45, 7) is 2.15. The summed E-state index contributed by atoms with van der Waals surface area (Å²) in [5, 5.41) is 2.99. The molecule has 1 aromatic heterocycles. The number of alkyl halides is 3. The Balaban J connectivity index is 2.46. The molecular formula is C11H13F3N2O. The average Bonchev–Trinajstić information content (AvgIpc) is 2.28. The molecule has 0 radical (unpaired) electrons. The smallest absolute Gasteiger partial charge is 0.370 e. The average molecular weight is 246 g/mol. The van der Waals surface area contributed by atoms with Crippen LogP contribution >= 0.6 is 0 Å². The molecule has 1 aliphatic rings. The van der Waals surface area contributed by atoms with Crippen molar-refractivity contribution < 1.29 is 17.9 Å². The van der Waals surface area contributed by atoms with Crippen molar-refractivity contribution in [2.75, 3.05) is 13.7 Å². The lowest BCUT2D eigenvalue weighted by atomic mass is 9.99. The highest BCUT2D eigenvalue weighted by molar-refractivity contribution is 5.30. The third-order valence-corrected chi connectivity index (χ3v) is 2.87. The highest BCUT2D eigenvalue weighted by atomic mass is 19.4. The van der Waals surface area contributed by atoms with E-state index in [1.807, 2.05) is 0 Å². The summed E-state index contributed by atoms with van der Waals surface area (Å²) < 4.78 is 43.0. The van der Waals surface area contributed by atoms with Gasteiger partial charge in [-0.05, 0) is 25.6 Å². The summed E-state index contributed by atoms with van der Waals surface area (Å²) in [5.41, 5.74) is 0.271. The van der Waals surface area contributed by atoms with Crippen molar-refractivity contribution in [2.24, 2.45) is 0 Å². The second-order valence-electron chi connectivity index (χ2n) is 3.99. The Labute approximate surface area is 97.0 Å². The summed E-state index contributed by atoms with van der Waals surface area (Å²) in [4.78, 5) is 3.67.